The standard InChI is InChI=1S/C16H21NO3/c1-16(2,20-3)14-9-6-10-17(14)15(19)13-8-5-4-7-12(13)11-18/h4-5,7-8,11,14H,6,9-10H2,1-3H3/t14-/m0/s1. The van der Waals surface area contributed by atoms with Gasteiger partial charge in [0.25, 0.3) is 5.91 Å². The third-order valence-corrected chi connectivity index (χ3v) is 4.16. The zero-order chi connectivity index (χ0) is 14.8. The zero-order valence-electron chi connectivity index (χ0n) is 12.3. The maximum atomic E-state index is 12.7. The molecule has 2 rings (SSSR count). The number of likely N-dealkylation sites (tertiary alicyclic amines) is 1. The van der Waals surface area contributed by atoms with Crippen molar-refractivity contribution in [3.8, 4) is 0 Å². The van der Waals surface area contributed by atoms with Crippen molar-refractivity contribution in [1.29, 1.82) is 0 Å². The molecule has 1 fully saturated rings. The SMILES string of the molecule is COC(C)(C)[C@@H]1CCCN1C(=O)c1ccccc1C=O. The highest BCUT2D eigenvalue weighted by Crippen LogP contribution is 2.30. The van der Waals surface area contributed by atoms with Crippen LogP contribution in [0.15, 0.2) is 24.3 Å². The number of nitrogens with zero attached hydrogens (tertiary/aromatic N) is 1. The van der Waals surface area contributed by atoms with Gasteiger partial charge >= 0.3 is 0 Å². The van der Waals surface area contributed by atoms with Gasteiger partial charge in [0.05, 0.1) is 17.2 Å². The zero-order valence-corrected chi connectivity index (χ0v) is 12.3. The Kier molecular flexibility index (Phi) is 4.23. The summed E-state index contributed by atoms with van der Waals surface area (Å²) in [6.07, 6.45) is 2.63. The Bertz CT molecular complexity index is 510. The molecule has 0 N–H and O–H groups in total. The summed E-state index contributed by atoms with van der Waals surface area (Å²) < 4.78 is 5.53. The van der Waals surface area contributed by atoms with E-state index in [-0.39, 0.29) is 17.6 Å². The van der Waals surface area contributed by atoms with Crippen LogP contribution in [0.1, 0.15) is 47.4 Å². The molecule has 0 spiro atoms. The lowest BCUT2D eigenvalue weighted by Gasteiger charge is -2.36. The maximum absolute atomic E-state index is 12.7. The fourth-order valence-corrected chi connectivity index (χ4v) is 2.82. The van der Waals surface area contributed by atoms with Crippen molar-refractivity contribution in [2.45, 2.75) is 38.3 Å². The predicted octanol–water partition coefficient (Wildman–Crippen LogP) is 2.53. The van der Waals surface area contributed by atoms with E-state index in [1.54, 1.807) is 31.4 Å². The van der Waals surface area contributed by atoms with Gasteiger partial charge in [0, 0.05) is 19.2 Å². The highest BCUT2D eigenvalue weighted by molar-refractivity contribution is 6.01. The summed E-state index contributed by atoms with van der Waals surface area (Å²) in [6, 6.07) is 6.97. The number of ether oxygens (including phenoxy) is 1. The highest BCUT2D eigenvalue weighted by Gasteiger charge is 2.40. The van der Waals surface area contributed by atoms with Crippen molar-refractivity contribution in [2.24, 2.45) is 0 Å². The molecule has 0 radical (unpaired) electrons. The van der Waals surface area contributed by atoms with Gasteiger partial charge in [-0.1, -0.05) is 18.2 Å². The van der Waals surface area contributed by atoms with Crippen molar-refractivity contribution in [3.05, 3.63) is 35.4 Å². The Labute approximate surface area is 119 Å². The van der Waals surface area contributed by atoms with E-state index in [2.05, 4.69) is 0 Å². The number of hydrogen-bond donors (Lipinski definition) is 0. The monoisotopic (exact) mass is 275 g/mol. The lowest BCUT2D eigenvalue weighted by Crippen LogP contribution is -2.49. The molecule has 0 unspecified atom stereocenters. The number of hydrogen-bond acceptors (Lipinski definition) is 3. The molecule has 1 heterocycles. The van der Waals surface area contributed by atoms with Crippen molar-refractivity contribution in [2.75, 3.05) is 13.7 Å². The second-order valence-electron chi connectivity index (χ2n) is 5.67. The summed E-state index contributed by atoms with van der Waals surface area (Å²) in [6.45, 7) is 4.70. The van der Waals surface area contributed by atoms with E-state index < -0.39 is 0 Å². The summed E-state index contributed by atoms with van der Waals surface area (Å²) >= 11 is 0. The van der Waals surface area contributed by atoms with Crippen LogP contribution in [0.2, 0.25) is 0 Å². The van der Waals surface area contributed by atoms with Gasteiger partial charge in [-0.2, -0.15) is 0 Å². The van der Waals surface area contributed by atoms with Gasteiger partial charge in [-0.15, -0.1) is 0 Å². The van der Waals surface area contributed by atoms with E-state index >= 15 is 0 Å². The Morgan fingerprint density at radius 2 is 2.10 bits per heavy atom. The maximum Gasteiger partial charge on any atom is 0.254 e. The number of rotatable bonds is 4. The van der Waals surface area contributed by atoms with Crippen LogP contribution in [0.25, 0.3) is 0 Å². The van der Waals surface area contributed by atoms with Crippen molar-refractivity contribution in [1.82, 2.24) is 4.90 Å². The average Bonchev–Trinajstić information content (AvgIpc) is 2.96. The molecule has 20 heavy (non-hydrogen) atoms. The van der Waals surface area contributed by atoms with E-state index in [9.17, 15) is 9.59 Å². The molecule has 0 aliphatic carbocycles. The average molecular weight is 275 g/mol. The van der Waals surface area contributed by atoms with Gasteiger partial charge in [0.15, 0.2) is 6.29 Å². The topological polar surface area (TPSA) is 46.6 Å². The molecular weight excluding hydrogens is 254 g/mol. The summed E-state index contributed by atoms with van der Waals surface area (Å²) in [4.78, 5) is 25.6. The number of carbonyl (C=O) groups excluding carboxylic acids is 2. The Hall–Kier alpha value is -1.68. The van der Waals surface area contributed by atoms with Gasteiger partial charge in [-0.05, 0) is 32.8 Å². The number of amides is 1. The molecule has 0 aromatic heterocycles. The minimum absolute atomic E-state index is 0.0414. The van der Waals surface area contributed by atoms with E-state index in [4.69, 9.17) is 4.74 Å². The molecule has 4 nitrogen and oxygen atoms in total. The van der Waals surface area contributed by atoms with Crippen LogP contribution in [0, 0.1) is 0 Å². The summed E-state index contributed by atoms with van der Waals surface area (Å²) in [7, 11) is 1.67. The minimum atomic E-state index is -0.387. The molecule has 4 heteroatoms. The van der Waals surface area contributed by atoms with E-state index in [1.807, 2.05) is 18.7 Å². The highest BCUT2D eigenvalue weighted by atomic mass is 16.5. The van der Waals surface area contributed by atoms with E-state index in [0.29, 0.717) is 17.7 Å². The molecule has 0 saturated carbocycles. The normalized spacial score (nSPS) is 19.1. The first-order valence-electron chi connectivity index (χ1n) is 6.91. The third-order valence-electron chi connectivity index (χ3n) is 4.16. The number of benzene rings is 1. The summed E-state index contributed by atoms with van der Waals surface area (Å²) in [5.41, 5.74) is 0.530. The van der Waals surface area contributed by atoms with Gasteiger partial charge in [-0.25, -0.2) is 0 Å². The van der Waals surface area contributed by atoms with Gasteiger partial charge in [0.1, 0.15) is 0 Å². The van der Waals surface area contributed by atoms with Crippen LogP contribution in [0.4, 0.5) is 0 Å². The van der Waals surface area contributed by atoms with Gasteiger partial charge in [0.2, 0.25) is 0 Å². The van der Waals surface area contributed by atoms with Crippen molar-refractivity contribution in [3.63, 3.8) is 0 Å². The number of methoxy groups -OCH3 is 1. The predicted molar refractivity (Wildman–Crippen MR) is 77.0 cm³/mol. The molecule has 1 aliphatic heterocycles. The minimum Gasteiger partial charge on any atom is -0.377 e. The molecule has 1 saturated heterocycles. The quantitative estimate of drug-likeness (QED) is 0.793. The van der Waals surface area contributed by atoms with E-state index in [1.165, 1.54) is 0 Å². The van der Waals surface area contributed by atoms with Gasteiger partial charge in [-0.3, -0.25) is 9.59 Å². The first kappa shape index (κ1) is 14.7. The third kappa shape index (κ3) is 2.61. The smallest absolute Gasteiger partial charge is 0.254 e. The Morgan fingerprint density at radius 3 is 2.75 bits per heavy atom. The van der Waals surface area contributed by atoms with Crippen molar-refractivity contribution < 1.29 is 14.3 Å². The molecular formula is C16H21NO3. The lowest BCUT2D eigenvalue weighted by atomic mass is 9.95. The molecule has 1 aromatic rings. The van der Waals surface area contributed by atoms with Crippen LogP contribution in [-0.4, -0.2) is 42.4 Å². The Morgan fingerprint density at radius 1 is 1.40 bits per heavy atom. The second-order valence-corrected chi connectivity index (χ2v) is 5.67. The largest absolute Gasteiger partial charge is 0.377 e. The van der Waals surface area contributed by atoms with Crippen LogP contribution in [0.5, 0.6) is 0 Å². The van der Waals surface area contributed by atoms with Crippen LogP contribution >= 0.6 is 0 Å². The second kappa shape index (κ2) is 5.75. The molecule has 1 atom stereocenters. The number of carbonyl (C=O) groups is 2. The Balaban J connectivity index is 2.30. The molecule has 1 aliphatic rings. The lowest BCUT2D eigenvalue weighted by molar-refractivity contribution is -0.0344. The van der Waals surface area contributed by atoms with Gasteiger partial charge < -0.3 is 9.64 Å². The molecule has 1 amide bonds. The fourth-order valence-electron chi connectivity index (χ4n) is 2.82. The molecule has 108 valence electrons. The van der Waals surface area contributed by atoms with Crippen LogP contribution in [-0.2, 0) is 4.74 Å². The van der Waals surface area contributed by atoms with Crippen LogP contribution in [0.3, 0.4) is 0 Å². The first-order valence-corrected chi connectivity index (χ1v) is 6.91. The fraction of sp³-hybridized carbons (Fsp3) is 0.500. The van der Waals surface area contributed by atoms with Crippen molar-refractivity contribution >= 4 is 12.2 Å². The first-order chi connectivity index (χ1) is 9.51. The summed E-state index contributed by atoms with van der Waals surface area (Å²) in [5, 5.41) is 0. The number of aldehydes is 1. The van der Waals surface area contributed by atoms with E-state index in [0.717, 1.165) is 19.1 Å². The summed E-state index contributed by atoms with van der Waals surface area (Å²) in [5.74, 6) is -0.0830. The van der Waals surface area contributed by atoms with Crippen LogP contribution < -0.4 is 0 Å². The molecule has 0 bridgehead atoms. The molecule has 1 aromatic carbocycles.